The molecular weight excluding hydrogens is 289 g/mol. The van der Waals surface area contributed by atoms with Crippen LogP contribution in [0.15, 0.2) is 18.2 Å². The van der Waals surface area contributed by atoms with Gasteiger partial charge in [-0.05, 0) is 42.3 Å². The van der Waals surface area contributed by atoms with E-state index in [1.54, 1.807) is 0 Å². The van der Waals surface area contributed by atoms with Crippen molar-refractivity contribution in [2.45, 2.75) is 53.5 Å². The molecule has 1 N–H and O–H groups in total. The highest BCUT2D eigenvalue weighted by Gasteiger charge is 2.25. The monoisotopic (exact) mass is 315 g/mol. The summed E-state index contributed by atoms with van der Waals surface area (Å²) in [5.41, 5.74) is 1.40. The highest BCUT2D eigenvalue weighted by molar-refractivity contribution is 6.42. The largest absolute Gasteiger partial charge is 0.310 e. The van der Waals surface area contributed by atoms with E-state index >= 15 is 0 Å². The maximum Gasteiger partial charge on any atom is 0.0640 e. The van der Waals surface area contributed by atoms with E-state index in [4.69, 9.17) is 23.2 Å². The lowest BCUT2D eigenvalue weighted by molar-refractivity contribution is 0.223. The van der Waals surface area contributed by atoms with E-state index in [2.05, 4.69) is 46.0 Å². The summed E-state index contributed by atoms with van der Waals surface area (Å²) in [6.07, 6.45) is 2.17. The summed E-state index contributed by atoms with van der Waals surface area (Å²) in [6, 6.07) is 6.16. The first-order valence-electron chi connectivity index (χ1n) is 7.44. The molecule has 0 spiro atoms. The molecule has 0 aliphatic carbocycles. The molecule has 0 heterocycles. The van der Waals surface area contributed by atoms with Crippen LogP contribution in [-0.2, 0) is 0 Å². The van der Waals surface area contributed by atoms with Crippen LogP contribution >= 0.6 is 23.2 Å². The quantitative estimate of drug-likeness (QED) is 0.668. The second kappa shape index (κ2) is 7.68. The minimum absolute atomic E-state index is 0.260. The number of hydrogen-bond acceptors (Lipinski definition) is 1. The molecule has 1 nitrogen and oxygen atoms in total. The van der Waals surface area contributed by atoms with Crippen LogP contribution in [-0.4, -0.2) is 6.54 Å². The van der Waals surface area contributed by atoms with Crippen molar-refractivity contribution in [1.29, 1.82) is 0 Å². The Morgan fingerprint density at radius 2 is 1.85 bits per heavy atom. The molecule has 1 aromatic rings. The second-order valence-electron chi connectivity index (χ2n) is 6.65. The van der Waals surface area contributed by atoms with Crippen LogP contribution < -0.4 is 5.32 Å². The summed E-state index contributed by atoms with van der Waals surface area (Å²) in [5, 5.41) is 4.93. The van der Waals surface area contributed by atoms with Crippen molar-refractivity contribution in [2.24, 2.45) is 11.3 Å². The molecule has 0 amide bonds. The van der Waals surface area contributed by atoms with Crippen molar-refractivity contribution in [1.82, 2.24) is 5.32 Å². The van der Waals surface area contributed by atoms with Gasteiger partial charge >= 0.3 is 0 Å². The average Bonchev–Trinajstić information content (AvgIpc) is 2.36. The third kappa shape index (κ3) is 4.95. The Morgan fingerprint density at radius 3 is 2.40 bits per heavy atom. The highest BCUT2D eigenvalue weighted by atomic mass is 35.5. The zero-order valence-corrected chi connectivity index (χ0v) is 14.8. The van der Waals surface area contributed by atoms with Crippen LogP contribution in [0.4, 0.5) is 0 Å². The van der Waals surface area contributed by atoms with Gasteiger partial charge in [-0.2, -0.15) is 0 Å². The van der Waals surface area contributed by atoms with Gasteiger partial charge in [0.2, 0.25) is 0 Å². The fourth-order valence-electron chi connectivity index (χ4n) is 2.14. The van der Waals surface area contributed by atoms with Crippen molar-refractivity contribution < 1.29 is 0 Å². The van der Waals surface area contributed by atoms with E-state index in [1.165, 1.54) is 0 Å². The van der Waals surface area contributed by atoms with E-state index in [0.29, 0.717) is 16.0 Å². The lowest BCUT2D eigenvalue weighted by Crippen LogP contribution is -2.28. The van der Waals surface area contributed by atoms with Gasteiger partial charge in [0.05, 0.1) is 10.0 Å². The lowest BCUT2D eigenvalue weighted by atomic mass is 9.77. The summed E-state index contributed by atoms with van der Waals surface area (Å²) in [6.45, 7) is 12.3. The molecule has 0 aliphatic rings. The minimum Gasteiger partial charge on any atom is -0.310 e. The molecule has 2 atom stereocenters. The smallest absolute Gasteiger partial charge is 0.0640 e. The number of hydrogen-bond donors (Lipinski definition) is 1. The standard InChI is InChI=1S/C17H27Cl2N/c1-6-10-20-15(11-12(2)17(3,4)5)13-8-7-9-14(18)16(13)19/h7-9,12,15,20H,6,10-11H2,1-5H3. The Labute approximate surface area is 134 Å². The molecule has 0 bridgehead atoms. The zero-order valence-electron chi connectivity index (χ0n) is 13.3. The second-order valence-corrected chi connectivity index (χ2v) is 7.44. The van der Waals surface area contributed by atoms with Gasteiger partial charge in [0, 0.05) is 6.04 Å². The van der Waals surface area contributed by atoms with E-state index in [-0.39, 0.29) is 11.5 Å². The van der Waals surface area contributed by atoms with Crippen LogP contribution in [0.3, 0.4) is 0 Å². The Morgan fingerprint density at radius 1 is 1.20 bits per heavy atom. The van der Waals surface area contributed by atoms with Gasteiger partial charge in [-0.1, -0.05) is 70.0 Å². The first-order valence-corrected chi connectivity index (χ1v) is 8.20. The summed E-state index contributed by atoms with van der Waals surface area (Å²) in [7, 11) is 0. The van der Waals surface area contributed by atoms with Gasteiger partial charge in [-0.3, -0.25) is 0 Å². The summed E-state index contributed by atoms with van der Waals surface area (Å²) in [4.78, 5) is 0. The van der Waals surface area contributed by atoms with Crippen LogP contribution in [0.2, 0.25) is 10.0 Å². The van der Waals surface area contributed by atoms with Crippen molar-refractivity contribution in [2.75, 3.05) is 6.54 Å². The maximum atomic E-state index is 6.39. The Balaban J connectivity index is 2.97. The average molecular weight is 316 g/mol. The number of rotatable bonds is 6. The maximum absolute atomic E-state index is 6.39. The molecule has 0 saturated heterocycles. The van der Waals surface area contributed by atoms with Gasteiger partial charge in [0.15, 0.2) is 0 Å². The van der Waals surface area contributed by atoms with Gasteiger partial charge in [0.25, 0.3) is 0 Å². The van der Waals surface area contributed by atoms with E-state index < -0.39 is 0 Å². The third-order valence-electron chi connectivity index (χ3n) is 4.07. The van der Waals surface area contributed by atoms with Gasteiger partial charge in [-0.25, -0.2) is 0 Å². The fraction of sp³-hybridized carbons (Fsp3) is 0.647. The van der Waals surface area contributed by atoms with Gasteiger partial charge in [-0.15, -0.1) is 0 Å². The fourth-order valence-corrected chi connectivity index (χ4v) is 2.58. The van der Waals surface area contributed by atoms with Crippen molar-refractivity contribution in [3.8, 4) is 0 Å². The van der Waals surface area contributed by atoms with E-state index in [1.807, 2.05) is 12.1 Å². The van der Waals surface area contributed by atoms with Gasteiger partial charge in [0.1, 0.15) is 0 Å². The van der Waals surface area contributed by atoms with E-state index in [9.17, 15) is 0 Å². The Kier molecular flexibility index (Phi) is 6.84. The van der Waals surface area contributed by atoms with Crippen LogP contribution in [0.1, 0.15) is 59.1 Å². The molecule has 1 rings (SSSR count). The molecule has 0 aliphatic heterocycles. The number of halogens is 2. The van der Waals surface area contributed by atoms with Crippen LogP contribution in [0.5, 0.6) is 0 Å². The molecule has 1 aromatic carbocycles. The van der Waals surface area contributed by atoms with Crippen molar-refractivity contribution in [3.63, 3.8) is 0 Å². The van der Waals surface area contributed by atoms with Crippen molar-refractivity contribution >= 4 is 23.2 Å². The van der Waals surface area contributed by atoms with E-state index in [0.717, 1.165) is 24.9 Å². The first kappa shape index (κ1) is 17.8. The highest BCUT2D eigenvalue weighted by Crippen LogP contribution is 2.37. The molecule has 0 fully saturated rings. The normalized spacial score (nSPS) is 15.2. The molecule has 0 radical (unpaired) electrons. The summed E-state index contributed by atoms with van der Waals surface area (Å²) >= 11 is 12.6. The van der Waals surface area contributed by atoms with Crippen LogP contribution in [0, 0.1) is 11.3 Å². The van der Waals surface area contributed by atoms with Crippen LogP contribution in [0.25, 0.3) is 0 Å². The molecule has 0 saturated carbocycles. The SMILES string of the molecule is CCCNC(CC(C)C(C)(C)C)c1cccc(Cl)c1Cl. The number of nitrogens with one attached hydrogen (secondary N) is 1. The predicted octanol–water partition coefficient (Wildman–Crippen LogP) is 6.11. The summed E-state index contributed by atoms with van der Waals surface area (Å²) in [5.74, 6) is 0.590. The van der Waals surface area contributed by atoms with Gasteiger partial charge < -0.3 is 5.32 Å². The Bertz CT molecular complexity index is 423. The Hall–Kier alpha value is -0.240. The molecular formula is C17H27Cl2N. The molecule has 2 unspecified atom stereocenters. The minimum atomic E-state index is 0.260. The molecule has 0 aromatic heterocycles. The lowest BCUT2D eigenvalue weighted by Gasteiger charge is -2.32. The molecule has 114 valence electrons. The number of benzene rings is 1. The third-order valence-corrected chi connectivity index (χ3v) is 4.90. The zero-order chi connectivity index (χ0) is 15.3. The first-order chi connectivity index (χ1) is 9.27. The molecule has 20 heavy (non-hydrogen) atoms. The predicted molar refractivity (Wildman–Crippen MR) is 90.7 cm³/mol. The van der Waals surface area contributed by atoms with Crippen molar-refractivity contribution in [3.05, 3.63) is 33.8 Å². The topological polar surface area (TPSA) is 12.0 Å². The molecule has 3 heteroatoms. The summed E-state index contributed by atoms with van der Waals surface area (Å²) < 4.78 is 0.